The summed E-state index contributed by atoms with van der Waals surface area (Å²) in [4.78, 5) is 37.3. The van der Waals surface area contributed by atoms with E-state index in [2.05, 4.69) is 21.8 Å². The fraction of sp³-hybridized carbons (Fsp3) is 0.714. The van der Waals surface area contributed by atoms with Crippen LogP contribution >= 0.6 is 0 Å². The third-order valence-electron chi connectivity index (χ3n) is 5.31. The third-order valence-corrected chi connectivity index (χ3v) is 5.31. The molecule has 6 nitrogen and oxygen atoms in total. The van der Waals surface area contributed by atoms with Gasteiger partial charge >= 0.3 is 0 Å². The molecule has 1 aromatic rings. The summed E-state index contributed by atoms with van der Waals surface area (Å²) in [6.45, 7) is 6.43. The van der Waals surface area contributed by atoms with Gasteiger partial charge in [0, 0.05) is 38.6 Å². The molecule has 0 unspecified atom stereocenters. The Morgan fingerprint density at radius 2 is 1.56 bits per heavy atom. The molecule has 6 heteroatoms. The lowest BCUT2D eigenvalue weighted by molar-refractivity contribution is -0.141. The second kappa shape index (κ2) is 11.7. The van der Waals surface area contributed by atoms with Crippen LogP contribution in [0.3, 0.4) is 0 Å². The van der Waals surface area contributed by atoms with Crippen LogP contribution in [-0.2, 0) is 9.59 Å². The Morgan fingerprint density at radius 3 is 2.15 bits per heavy atom. The molecular weight excluding hydrogens is 340 g/mol. The van der Waals surface area contributed by atoms with Gasteiger partial charge in [0.25, 0.3) is 0 Å². The molecule has 1 aromatic heterocycles. The lowest BCUT2D eigenvalue weighted by atomic mass is 9.95. The van der Waals surface area contributed by atoms with Crippen molar-refractivity contribution >= 4 is 17.6 Å². The van der Waals surface area contributed by atoms with E-state index in [1.165, 1.54) is 32.1 Å². The van der Waals surface area contributed by atoms with E-state index in [4.69, 9.17) is 0 Å². The summed E-state index contributed by atoms with van der Waals surface area (Å²) in [7, 11) is 0. The number of piperazine rings is 1. The first-order valence-electron chi connectivity index (χ1n) is 10.4. The highest BCUT2D eigenvalue weighted by Gasteiger charge is 2.30. The van der Waals surface area contributed by atoms with Crippen LogP contribution in [0.4, 0.5) is 5.95 Å². The first-order chi connectivity index (χ1) is 13.1. The predicted octanol–water partition coefficient (Wildman–Crippen LogP) is 3.47. The number of rotatable bonds is 11. The molecule has 1 amide bonds. The molecule has 0 spiro atoms. The lowest BCUT2D eigenvalue weighted by Gasteiger charge is -2.36. The summed E-state index contributed by atoms with van der Waals surface area (Å²) in [5, 5.41) is 0. The molecule has 2 rings (SSSR count). The number of hydrogen-bond acceptors (Lipinski definition) is 5. The summed E-state index contributed by atoms with van der Waals surface area (Å²) in [6.07, 6.45) is 12.5. The molecule has 0 radical (unpaired) electrons. The van der Waals surface area contributed by atoms with Crippen molar-refractivity contribution < 1.29 is 9.59 Å². The van der Waals surface area contributed by atoms with Gasteiger partial charge in [-0.15, -0.1) is 0 Å². The Morgan fingerprint density at radius 1 is 0.963 bits per heavy atom. The largest absolute Gasteiger partial charge is 0.339 e. The van der Waals surface area contributed by atoms with Crippen LogP contribution in [0, 0.1) is 5.92 Å². The molecule has 2 heterocycles. The van der Waals surface area contributed by atoms with Crippen molar-refractivity contribution in [1.82, 2.24) is 14.9 Å². The van der Waals surface area contributed by atoms with Gasteiger partial charge in [0.2, 0.25) is 11.9 Å². The topological polar surface area (TPSA) is 66.4 Å². The number of nitrogens with zero attached hydrogens (tertiary/aromatic N) is 4. The molecule has 27 heavy (non-hydrogen) atoms. The normalized spacial score (nSPS) is 15.6. The number of unbranched alkanes of at least 4 members (excludes halogenated alkanes) is 6. The van der Waals surface area contributed by atoms with Crippen molar-refractivity contribution in [2.45, 2.75) is 65.2 Å². The van der Waals surface area contributed by atoms with Crippen LogP contribution in [0.15, 0.2) is 18.5 Å². The quantitative estimate of drug-likeness (QED) is 0.438. The molecule has 1 aliphatic heterocycles. The molecule has 0 aliphatic carbocycles. The number of carbonyl (C=O) groups is 2. The molecule has 1 saturated heterocycles. The average molecular weight is 375 g/mol. The molecule has 0 aromatic carbocycles. The van der Waals surface area contributed by atoms with Crippen molar-refractivity contribution in [1.29, 1.82) is 0 Å². The van der Waals surface area contributed by atoms with Crippen molar-refractivity contribution in [2.24, 2.45) is 5.92 Å². The molecule has 0 saturated carbocycles. The van der Waals surface area contributed by atoms with E-state index in [9.17, 15) is 9.59 Å². The van der Waals surface area contributed by atoms with Gasteiger partial charge in [-0.2, -0.15) is 0 Å². The monoisotopic (exact) mass is 374 g/mol. The molecule has 0 bridgehead atoms. The molecule has 1 fully saturated rings. The summed E-state index contributed by atoms with van der Waals surface area (Å²) >= 11 is 0. The SMILES string of the molecule is CCCCCCCCC[C@@H](C(C)=O)C(=O)N1CCN(c2ncccn2)CC1. The summed E-state index contributed by atoms with van der Waals surface area (Å²) in [5.41, 5.74) is 0. The van der Waals surface area contributed by atoms with Crippen LogP contribution in [0.2, 0.25) is 0 Å². The minimum atomic E-state index is -0.472. The van der Waals surface area contributed by atoms with Gasteiger partial charge in [-0.05, 0) is 19.4 Å². The first kappa shape index (κ1) is 21.3. The zero-order chi connectivity index (χ0) is 19.5. The molecule has 1 aliphatic rings. The zero-order valence-electron chi connectivity index (χ0n) is 16.9. The minimum Gasteiger partial charge on any atom is -0.339 e. The van der Waals surface area contributed by atoms with E-state index in [1.54, 1.807) is 25.4 Å². The maximum atomic E-state index is 12.8. The Kier molecular flexibility index (Phi) is 9.22. The van der Waals surface area contributed by atoms with Gasteiger partial charge in [0.15, 0.2) is 0 Å². The van der Waals surface area contributed by atoms with E-state index in [0.717, 1.165) is 12.8 Å². The maximum Gasteiger partial charge on any atom is 0.233 e. The molecular formula is C21H34N4O2. The highest BCUT2D eigenvalue weighted by atomic mass is 16.2. The molecule has 0 N–H and O–H groups in total. The number of hydrogen-bond donors (Lipinski definition) is 0. The van der Waals surface area contributed by atoms with Crippen molar-refractivity contribution in [3.05, 3.63) is 18.5 Å². The van der Waals surface area contributed by atoms with Crippen molar-refractivity contribution in [3.8, 4) is 0 Å². The minimum absolute atomic E-state index is 0.000180. The van der Waals surface area contributed by atoms with E-state index in [-0.39, 0.29) is 11.7 Å². The Hall–Kier alpha value is -1.98. The molecule has 150 valence electrons. The lowest BCUT2D eigenvalue weighted by Crippen LogP contribution is -2.51. The van der Waals surface area contributed by atoms with E-state index in [1.807, 2.05) is 4.90 Å². The number of aromatic nitrogens is 2. The smallest absolute Gasteiger partial charge is 0.233 e. The Labute approximate surface area is 163 Å². The second-order valence-electron chi connectivity index (χ2n) is 7.43. The first-order valence-corrected chi connectivity index (χ1v) is 10.4. The predicted molar refractivity (Wildman–Crippen MR) is 108 cm³/mol. The number of Topliss-reactive ketones (excluding diaryl/α,β-unsaturated/α-hetero) is 1. The Bertz CT molecular complexity index is 571. The average Bonchev–Trinajstić information content (AvgIpc) is 2.70. The van der Waals surface area contributed by atoms with Gasteiger partial charge in [0.05, 0.1) is 5.92 Å². The van der Waals surface area contributed by atoms with Crippen molar-refractivity contribution in [3.63, 3.8) is 0 Å². The van der Waals surface area contributed by atoms with Crippen LogP contribution in [0.1, 0.15) is 65.2 Å². The van der Waals surface area contributed by atoms with Crippen LogP contribution < -0.4 is 4.90 Å². The fourth-order valence-electron chi connectivity index (χ4n) is 3.61. The number of amides is 1. The summed E-state index contributed by atoms with van der Waals surface area (Å²) in [5.74, 6) is 0.234. The number of anilines is 1. The van der Waals surface area contributed by atoms with Gasteiger partial charge in [-0.3, -0.25) is 9.59 Å². The van der Waals surface area contributed by atoms with Crippen LogP contribution in [-0.4, -0.2) is 52.7 Å². The van der Waals surface area contributed by atoms with Crippen LogP contribution in [0.5, 0.6) is 0 Å². The van der Waals surface area contributed by atoms with Gasteiger partial charge in [-0.1, -0.05) is 51.9 Å². The number of ketones is 1. The summed E-state index contributed by atoms with van der Waals surface area (Å²) < 4.78 is 0. The van der Waals surface area contributed by atoms with E-state index >= 15 is 0 Å². The highest BCUT2D eigenvalue weighted by molar-refractivity contribution is 6.00. The molecule has 1 atom stereocenters. The van der Waals surface area contributed by atoms with Crippen molar-refractivity contribution in [2.75, 3.05) is 31.1 Å². The maximum absolute atomic E-state index is 12.8. The van der Waals surface area contributed by atoms with E-state index < -0.39 is 5.92 Å². The van der Waals surface area contributed by atoms with Gasteiger partial charge in [0.1, 0.15) is 5.78 Å². The second-order valence-corrected chi connectivity index (χ2v) is 7.43. The fourth-order valence-corrected chi connectivity index (χ4v) is 3.61. The Balaban J connectivity index is 1.75. The standard InChI is InChI=1S/C21H34N4O2/c1-3-4-5-6-7-8-9-11-19(18(2)26)20(27)24-14-16-25(17-15-24)21-22-12-10-13-23-21/h10,12-13,19H,3-9,11,14-17H2,1-2H3/t19-/m0/s1. The van der Waals surface area contributed by atoms with Gasteiger partial charge < -0.3 is 9.80 Å². The number of carbonyl (C=O) groups excluding carboxylic acids is 2. The highest BCUT2D eigenvalue weighted by Crippen LogP contribution is 2.18. The van der Waals surface area contributed by atoms with Gasteiger partial charge in [-0.25, -0.2) is 9.97 Å². The summed E-state index contributed by atoms with van der Waals surface area (Å²) in [6, 6.07) is 1.80. The third kappa shape index (κ3) is 6.92. The van der Waals surface area contributed by atoms with Crippen LogP contribution in [0.25, 0.3) is 0 Å². The van der Waals surface area contributed by atoms with E-state index in [0.29, 0.717) is 38.5 Å². The zero-order valence-corrected chi connectivity index (χ0v) is 16.9.